The molecule has 11 heteroatoms. The maximum absolute atomic E-state index is 12.4. The van der Waals surface area contributed by atoms with E-state index in [1.54, 1.807) is 24.5 Å². The van der Waals surface area contributed by atoms with Gasteiger partial charge in [0, 0.05) is 38.4 Å². The van der Waals surface area contributed by atoms with Crippen LogP contribution in [0.4, 0.5) is 19.0 Å². The standard InChI is InChI=1S/C19H17F3N6O2/c20-19(21,22)11-29-17-2-1-16-25-10-13(28(16)26-17)15-9-12-14(30-15)3-4-24-18(12)27-7-5-23-6-8-27/h1-4,9-10,23H,5-8,11H2. The van der Waals surface area contributed by atoms with Gasteiger partial charge in [0.15, 0.2) is 18.0 Å². The summed E-state index contributed by atoms with van der Waals surface area (Å²) in [6.07, 6.45) is -1.19. The molecule has 0 aromatic carbocycles. The van der Waals surface area contributed by atoms with E-state index in [1.807, 2.05) is 6.07 Å². The Morgan fingerprint density at radius 1 is 1.13 bits per heavy atom. The van der Waals surface area contributed by atoms with Gasteiger partial charge in [0.1, 0.15) is 17.1 Å². The van der Waals surface area contributed by atoms with Gasteiger partial charge in [-0.3, -0.25) is 0 Å². The first-order valence-electron chi connectivity index (χ1n) is 9.37. The Morgan fingerprint density at radius 3 is 2.77 bits per heavy atom. The van der Waals surface area contributed by atoms with E-state index in [0.29, 0.717) is 22.7 Å². The van der Waals surface area contributed by atoms with Crippen molar-refractivity contribution in [2.75, 3.05) is 37.7 Å². The van der Waals surface area contributed by atoms with Crippen molar-refractivity contribution >= 4 is 22.4 Å². The largest absolute Gasteiger partial charge is 0.467 e. The third-order valence-electron chi connectivity index (χ3n) is 4.81. The van der Waals surface area contributed by atoms with Crippen LogP contribution in [0.2, 0.25) is 0 Å². The Bertz CT molecular complexity index is 1200. The van der Waals surface area contributed by atoms with Crippen LogP contribution in [-0.2, 0) is 0 Å². The van der Waals surface area contributed by atoms with E-state index in [-0.39, 0.29) is 5.88 Å². The predicted molar refractivity (Wildman–Crippen MR) is 103 cm³/mol. The van der Waals surface area contributed by atoms with E-state index in [1.165, 1.54) is 10.6 Å². The number of nitrogens with zero attached hydrogens (tertiary/aromatic N) is 5. The summed E-state index contributed by atoms with van der Waals surface area (Å²) in [7, 11) is 0. The lowest BCUT2D eigenvalue weighted by Gasteiger charge is -2.28. The molecule has 0 amide bonds. The number of furan rings is 1. The minimum Gasteiger partial charge on any atom is -0.467 e. The van der Waals surface area contributed by atoms with E-state index in [0.717, 1.165) is 37.4 Å². The molecule has 5 rings (SSSR count). The smallest absolute Gasteiger partial charge is 0.422 e. The summed E-state index contributed by atoms with van der Waals surface area (Å²) in [6.45, 7) is 2.01. The SMILES string of the molecule is FC(F)(F)COc1ccc2ncc(-c3cc4c(N5CCNCC5)nccc4o3)n2n1. The van der Waals surface area contributed by atoms with Crippen LogP contribution in [0.5, 0.6) is 5.88 Å². The minimum atomic E-state index is -4.44. The lowest BCUT2D eigenvalue weighted by molar-refractivity contribution is -0.154. The minimum absolute atomic E-state index is 0.154. The Hall–Kier alpha value is -3.34. The van der Waals surface area contributed by atoms with Gasteiger partial charge in [-0.15, -0.1) is 5.10 Å². The molecule has 5 heterocycles. The molecule has 0 spiro atoms. The fraction of sp³-hybridized carbons (Fsp3) is 0.316. The van der Waals surface area contributed by atoms with Crippen molar-refractivity contribution < 1.29 is 22.3 Å². The molecule has 0 aliphatic carbocycles. The van der Waals surface area contributed by atoms with Gasteiger partial charge in [-0.1, -0.05) is 0 Å². The first-order chi connectivity index (χ1) is 14.5. The highest BCUT2D eigenvalue weighted by Crippen LogP contribution is 2.33. The van der Waals surface area contributed by atoms with Gasteiger partial charge in [0.05, 0.1) is 11.6 Å². The summed E-state index contributed by atoms with van der Waals surface area (Å²) in [4.78, 5) is 11.0. The van der Waals surface area contributed by atoms with Crippen molar-refractivity contribution in [3.05, 3.63) is 36.7 Å². The van der Waals surface area contributed by atoms with Gasteiger partial charge in [0.2, 0.25) is 5.88 Å². The Kier molecular flexibility index (Phi) is 4.46. The van der Waals surface area contributed by atoms with Crippen LogP contribution in [0, 0.1) is 0 Å². The summed E-state index contributed by atoms with van der Waals surface area (Å²) in [5.74, 6) is 1.17. The molecule has 1 aliphatic rings. The molecule has 4 aromatic rings. The number of alkyl halides is 3. The van der Waals surface area contributed by atoms with Crippen molar-refractivity contribution in [1.29, 1.82) is 0 Å². The number of aromatic nitrogens is 4. The monoisotopic (exact) mass is 418 g/mol. The second-order valence-electron chi connectivity index (χ2n) is 6.88. The van der Waals surface area contributed by atoms with E-state index in [2.05, 4.69) is 25.3 Å². The molecule has 156 valence electrons. The summed E-state index contributed by atoms with van der Waals surface area (Å²) in [5, 5.41) is 8.30. The average molecular weight is 418 g/mol. The molecule has 0 unspecified atom stereocenters. The molecule has 0 atom stereocenters. The molecule has 30 heavy (non-hydrogen) atoms. The number of anilines is 1. The number of ether oxygens (including phenoxy) is 1. The fourth-order valence-electron chi connectivity index (χ4n) is 3.46. The normalized spacial score (nSPS) is 15.2. The van der Waals surface area contributed by atoms with Crippen molar-refractivity contribution in [3.63, 3.8) is 0 Å². The molecular formula is C19H17F3N6O2. The molecule has 1 aliphatic heterocycles. The number of fused-ring (bicyclic) bond motifs is 2. The number of imidazole rings is 1. The molecule has 0 bridgehead atoms. The zero-order valence-electron chi connectivity index (χ0n) is 15.7. The molecule has 1 fully saturated rings. The molecule has 1 N–H and O–H groups in total. The quantitative estimate of drug-likeness (QED) is 0.546. The molecule has 8 nitrogen and oxygen atoms in total. The van der Waals surface area contributed by atoms with Crippen LogP contribution in [-0.4, -0.2) is 58.5 Å². The van der Waals surface area contributed by atoms with Gasteiger partial charge in [-0.25, -0.2) is 14.5 Å². The lowest BCUT2D eigenvalue weighted by Crippen LogP contribution is -2.43. The second kappa shape index (κ2) is 7.17. The van der Waals surface area contributed by atoms with Crippen LogP contribution in [0.25, 0.3) is 28.1 Å². The summed E-state index contributed by atoms with van der Waals surface area (Å²) in [5.41, 5.74) is 1.63. The van der Waals surface area contributed by atoms with E-state index >= 15 is 0 Å². The second-order valence-corrected chi connectivity index (χ2v) is 6.88. The van der Waals surface area contributed by atoms with Crippen molar-refractivity contribution in [1.82, 2.24) is 24.9 Å². The number of piperazine rings is 1. The maximum atomic E-state index is 12.4. The van der Waals surface area contributed by atoms with Crippen molar-refractivity contribution in [3.8, 4) is 17.3 Å². The summed E-state index contributed by atoms with van der Waals surface area (Å²) < 4.78 is 49.5. The van der Waals surface area contributed by atoms with Gasteiger partial charge >= 0.3 is 6.18 Å². The first-order valence-corrected chi connectivity index (χ1v) is 9.37. The first kappa shape index (κ1) is 18.7. The van der Waals surface area contributed by atoms with Crippen LogP contribution in [0.1, 0.15) is 0 Å². The van der Waals surface area contributed by atoms with Gasteiger partial charge in [0.25, 0.3) is 0 Å². The summed E-state index contributed by atoms with van der Waals surface area (Å²) >= 11 is 0. The zero-order valence-corrected chi connectivity index (χ0v) is 15.7. The summed E-state index contributed by atoms with van der Waals surface area (Å²) in [6, 6.07) is 6.52. The maximum Gasteiger partial charge on any atom is 0.422 e. The third kappa shape index (κ3) is 3.52. The highest BCUT2D eigenvalue weighted by molar-refractivity contribution is 5.92. The highest BCUT2D eigenvalue weighted by atomic mass is 19.4. The van der Waals surface area contributed by atoms with Crippen molar-refractivity contribution in [2.45, 2.75) is 6.18 Å². The molecule has 0 radical (unpaired) electrons. The van der Waals surface area contributed by atoms with Gasteiger partial charge in [-0.2, -0.15) is 13.2 Å². The molecular weight excluding hydrogens is 401 g/mol. The number of halogens is 3. The van der Waals surface area contributed by atoms with Gasteiger partial charge < -0.3 is 19.4 Å². The topological polar surface area (TPSA) is 80.7 Å². The number of hydrogen-bond acceptors (Lipinski definition) is 7. The molecule has 1 saturated heterocycles. The number of nitrogens with one attached hydrogen (secondary N) is 1. The number of hydrogen-bond donors (Lipinski definition) is 1. The predicted octanol–water partition coefficient (Wildman–Crippen LogP) is 2.89. The third-order valence-corrected chi connectivity index (χ3v) is 4.81. The Labute approximate surface area is 168 Å². The van der Waals surface area contributed by atoms with E-state index < -0.39 is 12.8 Å². The van der Waals surface area contributed by atoms with Crippen LogP contribution >= 0.6 is 0 Å². The molecule has 0 saturated carbocycles. The number of pyridine rings is 1. The van der Waals surface area contributed by atoms with Crippen LogP contribution < -0.4 is 15.0 Å². The zero-order chi connectivity index (χ0) is 20.7. The highest BCUT2D eigenvalue weighted by Gasteiger charge is 2.29. The lowest BCUT2D eigenvalue weighted by atomic mass is 10.2. The Morgan fingerprint density at radius 2 is 1.97 bits per heavy atom. The van der Waals surface area contributed by atoms with Crippen molar-refractivity contribution in [2.24, 2.45) is 0 Å². The van der Waals surface area contributed by atoms with Gasteiger partial charge in [-0.05, 0) is 18.2 Å². The van der Waals surface area contributed by atoms with E-state index in [4.69, 9.17) is 9.15 Å². The average Bonchev–Trinajstić information content (AvgIpc) is 3.35. The fourth-order valence-corrected chi connectivity index (χ4v) is 3.46. The van der Waals surface area contributed by atoms with E-state index in [9.17, 15) is 13.2 Å². The Balaban J connectivity index is 1.53. The number of rotatable bonds is 4. The van der Waals surface area contributed by atoms with Crippen LogP contribution in [0.3, 0.4) is 0 Å². The molecule has 4 aromatic heterocycles. The van der Waals surface area contributed by atoms with Crippen LogP contribution in [0.15, 0.2) is 41.1 Å².